The number of carbonyl (C=O) groups excluding carboxylic acids is 3. The summed E-state index contributed by atoms with van der Waals surface area (Å²) in [6.45, 7) is 7.39. The van der Waals surface area contributed by atoms with Crippen molar-refractivity contribution in [3.05, 3.63) is 11.6 Å². The normalized spacial score (nSPS) is 20.4. The maximum Gasteiger partial charge on any atom is 0.328 e. The second-order valence-electron chi connectivity index (χ2n) is 4.59. The van der Waals surface area contributed by atoms with Gasteiger partial charge in [-0.1, -0.05) is 25.5 Å². The van der Waals surface area contributed by atoms with Crippen LogP contribution in [0.25, 0.3) is 0 Å². The van der Waals surface area contributed by atoms with E-state index in [2.05, 4.69) is 10.6 Å². The Morgan fingerprint density at radius 3 is 2.06 bits per heavy atom. The average Bonchev–Trinajstić information content (AvgIpc) is 2.16. The number of imide groups is 2. The highest BCUT2D eigenvalue weighted by atomic mass is 16.2. The van der Waals surface area contributed by atoms with Crippen molar-refractivity contribution in [2.45, 2.75) is 34.1 Å². The molecule has 2 N–H and O–H groups in total. The lowest BCUT2D eigenvalue weighted by Crippen LogP contribution is -2.64. The number of carbonyl (C=O) groups is 3. The Kier molecular flexibility index (Phi) is 3.70. The molecule has 0 saturated carbocycles. The van der Waals surface area contributed by atoms with Crippen molar-refractivity contribution < 1.29 is 14.4 Å². The lowest BCUT2D eigenvalue weighted by atomic mass is 9.71. The molecule has 4 amide bonds. The molecule has 1 fully saturated rings. The molecule has 17 heavy (non-hydrogen) atoms. The fraction of sp³-hybridized carbons (Fsp3) is 0.583. The largest absolute Gasteiger partial charge is 0.328 e. The van der Waals surface area contributed by atoms with E-state index in [4.69, 9.17) is 0 Å². The first kappa shape index (κ1) is 13.4. The third-order valence-electron chi connectivity index (χ3n) is 3.18. The van der Waals surface area contributed by atoms with E-state index in [1.54, 1.807) is 6.92 Å². The quantitative estimate of drug-likeness (QED) is 0.575. The Morgan fingerprint density at radius 2 is 1.71 bits per heavy atom. The molecule has 1 rings (SSSR count). The van der Waals surface area contributed by atoms with Crippen molar-refractivity contribution in [3.8, 4) is 0 Å². The van der Waals surface area contributed by atoms with E-state index in [9.17, 15) is 14.4 Å². The second kappa shape index (κ2) is 4.69. The fourth-order valence-electron chi connectivity index (χ4n) is 2.26. The van der Waals surface area contributed by atoms with E-state index < -0.39 is 23.3 Å². The van der Waals surface area contributed by atoms with Gasteiger partial charge in [0.15, 0.2) is 0 Å². The van der Waals surface area contributed by atoms with Gasteiger partial charge in [-0.3, -0.25) is 20.2 Å². The second-order valence-corrected chi connectivity index (χ2v) is 4.59. The van der Waals surface area contributed by atoms with Gasteiger partial charge in [0.1, 0.15) is 5.41 Å². The summed E-state index contributed by atoms with van der Waals surface area (Å²) >= 11 is 0. The molecule has 5 nitrogen and oxygen atoms in total. The number of amides is 4. The van der Waals surface area contributed by atoms with Crippen LogP contribution in [0, 0.1) is 11.3 Å². The number of hydrogen-bond donors (Lipinski definition) is 2. The molecule has 1 saturated heterocycles. The first-order valence-corrected chi connectivity index (χ1v) is 5.66. The zero-order chi connectivity index (χ0) is 13.2. The van der Waals surface area contributed by atoms with E-state index in [1.807, 2.05) is 26.8 Å². The van der Waals surface area contributed by atoms with Gasteiger partial charge in [-0.25, -0.2) is 4.79 Å². The van der Waals surface area contributed by atoms with Crippen molar-refractivity contribution in [3.63, 3.8) is 0 Å². The van der Waals surface area contributed by atoms with Gasteiger partial charge in [-0.15, -0.1) is 0 Å². The van der Waals surface area contributed by atoms with Crippen LogP contribution in [-0.2, 0) is 9.59 Å². The van der Waals surface area contributed by atoms with Gasteiger partial charge >= 0.3 is 6.03 Å². The van der Waals surface area contributed by atoms with E-state index in [0.717, 1.165) is 5.57 Å². The van der Waals surface area contributed by atoms with Gasteiger partial charge < -0.3 is 0 Å². The predicted molar refractivity (Wildman–Crippen MR) is 63.0 cm³/mol. The van der Waals surface area contributed by atoms with Crippen molar-refractivity contribution in [1.82, 2.24) is 10.6 Å². The Morgan fingerprint density at radius 1 is 1.24 bits per heavy atom. The van der Waals surface area contributed by atoms with Crippen LogP contribution < -0.4 is 10.6 Å². The third-order valence-corrected chi connectivity index (χ3v) is 3.18. The molecule has 1 heterocycles. The van der Waals surface area contributed by atoms with Crippen molar-refractivity contribution in [2.75, 3.05) is 0 Å². The highest BCUT2D eigenvalue weighted by Crippen LogP contribution is 2.35. The molecular weight excluding hydrogens is 220 g/mol. The molecular formula is C12H18N2O3. The molecule has 0 aromatic carbocycles. The Balaban J connectivity index is 3.17. The Bertz CT molecular complexity index is 375. The SMILES string of the molecule is CCC1([C@H](C)C=C(C)C)C(=O)NC(=O)NC1=O. The topological polar surface area (TPSA) is 75.3 Å². The Labute approximate surface area is 101 Å². The van der Waals surface area contributed by atoms with Gasteiger partial charge in [-0.2, -0.15) is 0 Å². The number of rotatable bonds is 3. The first-order valence-electron chi connectivity index (χ1n) is 5.66. The van der Waals surface area contributed by atoms with Gasteiger partial charge in [0.25, 0.3) is 0 Å². The van der Waals surface area contributed by atoms with Crippen LogP contribution in [-0.4, -0.2) is 17.8 Å². The number of nitrogens with one attached hydrogen (secondary N) is 2. The molecule has 1 aliphatic heterocycles. The lowest BCUT2D eigenvalue weighted by Gasteiger charge is -2.36. The monoisotopic (exact) mass is 238 g/mol. The van der Waals surface area contributed by atoms with Crippen LogP contribution in [0.3, 0.4) is 0 Å². The standard InChI is InChI=1S/C12H18N2O3/c1-5-12(8(4)6-7(2)3)9(15)13-11(17)14-10(12)16/h6,8H,5H2,1-4H3,(H2,13,14,15,16,17)/t8-/m1/s1. The van der Waals surface area contributed by atoms with Crippen LogP contribution in [0.5, 0.6) is 0 Å². The van der Waals surface area contributed by atoms with Gasteiger partial charge in [0.2, 0.25) is 11.8 Å². The minimum atomic E-state index is -1.19. The van der Waals surface area contributed by atoms with E-state index in [0.29, 0.717) is 6.42 Å². The summed E-state index contributed by atoms with van der Waals surface area (Å²) in [4.78, 5) is 35.0. The number of urea groups is 1. The molecule has 0 bridgehead atoms. The maximum atomic E-state index is 12.0. The maximum absolute atomic E-state index is 12.0. The summed E-state index contributed by atoms with van der Waals surface area (Å²) in [5.41, 5.74) is -0.159. The van der Waals surface area contributed by atoms with Gasteiger partial charge in [0, 0.05) is 0 Å². The predicted octanol–water partition coefficient (Wildman–Crippen LogP) is 1.35. The summed E-state index contributed by atoms with van der Waals surface area (Å²) in [5.74, 6) is -1.29. The highest BCUT2D eigenvalue weighted by molar-refractivity contribution is 6.19. The highest BCUT2D eigenvalue weighted by Gasteiger charge is 2.51. The third kappa shape index (κ3) is 2.23. The van der Waals surface area contributed by atoms with E-state index in [-0.39, 0.29) is 5.92 Å². The van der Waals surface area contributed by atoms with E-state index >= 15 is 0 Å². The molecule has 0 aromatic heterocycles. The molecule has 0 unspecified atom stereocenters. The van der Waals surface area contributed by atoms with Crippen molar-refractivity contribution >= 4 is 17.8 Å². The molecule has 5 heteroatoms. The summed E-state index contributed by atoms with van der Waals surface area (Å²) in [7, 11) is 0. The smallest absolute Gasteiger partial charge is 0.277 e. The molecule has 0 spiro atoms. The van der Waals surface area contributed by atoms with Crippen molar-refractivity contribution in [2.24, 2.45) is 11.3 Å². The average molecular weight is 238 g/mol. The van der Waals surface area contributed by atoms with Gasteiger partial charge in [0.05, 0.1) is 0 Å². The number of hydrogen-bond acceptors (Lipinski definition) is 3. The van der Waals surface area contributed by atoms with Gasteiger partial charge in [-0.05, 0) is 26.2 Å². The fourth-order valence-corrected chi connectivity index (χ4v) is 2.26. The molecule has 1 atom stereocenters. The Hall–Kier alpha value is -1.65. The van der Waals surface area contributed by atoms with Crippen LogP contribution in [0.15, 0.2) is 11.6 Å². The molecule has 0 aliphatic carbocycles. The van der Waals surface area contributed by atoms with Crippen LogP contribution >= 0.6 is 0 Å². The lowest BCUT2D eigenvalue weighted by molar-refractivity contribution is -0.147. The number of allylic oxidation sites excluding steroid dienone is 2. The zero-order valence-corrected chi connectivity index (χ0v) is 10.6. The molecule has 1 aliphatic rings. The summed E-state index contributed by atoms with van der Waals surface area (Å²) in [5, 5.41) is 4.33. The summed E-state index contributed by atoms with van der Waals surface area (Å²) < 4.78 is 0. The minimum Gasteiger partial charge on any atom is -0.277 e. The zero-order valence-electron chi connectivity index (χ0n) is 10.6. The molecule has 0 radical (unpaired) electrons. The minimum absolute atomic E-state index is 0.259. The molecule has 0 aromatic rings. The summed E-state index contributed by atoms with van der Waals surface area (Å²) in [6, 6.07) is -0.742. The first-order chi connectivity index (χ1) is 7.84. The van der Waals surface area contributed by atoms with Crippen LogP contribution in [0.2, 0.25) is 0 Å². The van der Waals surface area contributed by atoms with E-state index in [1.165, 1.54) is 0 Å². The van der Waals surface area contributed by atoms with Crippen molar-refractivity contribution in [1.29, 1.82) is 0 Å². The summed E-state index contributed by atoms with van der Waals surface area (Å²) in [6.07, 6.45) is 2.22. The van der Waals surface area contributed by atoms with Crippen LogP contribution in [0.4, 0.5) is 4.79 Å². The van der Waals surface area contributed by atoms with Crippen LogP contribution in [0.1, 0.15) is 34.1 Å². The molecule has 94 valence electrons. The number of barbiturate groups is 1.